The highest BCUT2D eigenvalue weighted by Gasteiger charge is 2.65. The predicted molar refractivity (Wildman–Crippen MR) is 253 cm³/mol. The fourth-order valence-electron chi connectivity index (χ4n) is 8.85. The van der Waals surface area contributed by atoms with Crippen LogP contribution in [0.3, 0.4) is 0 Å². The normalized spacial score (nSPS) is 22.6. The summed E-state index contributed by atoms with van der Waals surface area (Å²) in [5, 5.41) is 20.6. The Kier molecular flexibility index (Phi) is 12.9. The number of alkyl halides is 2. The Bertz CT molecular complexity index is 2970. The van der Waals surface area contributed by atoms with Crippen LogP contribution in [0.5, 0.6) is 11.5 Å². The van der Waals surface area contributed by atoms with Crippen LogP contribution in [-0.2, 0) is 53.6 Å². The molecule has 5 heterocycles. The molecule has 5 amide bonds. The number of amides is 5. The number of aliphatic carboxylic acids is 1. The summed E-state index contributed by atoms with van der Waals surface area (Å²) in [7, 11) is 0. The van der Waals surface area contributed by atoms with E-state index in [-0.39, 0.29) is 38.5 Å². The molecular weight excluding hydrogens is 1010 g/mol. The summed E-state index contributed by atoms with van der Waals surface area (Å²) < 4.78 is 58.0. The van der Waals surface area contributed by atoms with Gasteiger partial charge in [0.15, 0.2) is 22.3 Å². The SMILES string of the molecule is CC(C)(C)OC(=O)Nc1nc(/C(=N/OC2(C(=O)OC(C)(C)C)CCC(F)(F)CC2)C(=O)N[C@H]2CON(C3(C(=O)O)CC(N4C(=O)c5cc6c(cc5C4=O)OC(c4ccccc4)(c4ccccc4)O6)C(=O)O3)C2=O)cs1. The van der Waals surface area contributed by atoms with Gasteiger partial charge in [-0.2, -0.15) is 5.06 Å². The lowest BCUT2D eigenvalue weighted by Crippen LogP contribution is -2.57. The van der Waals surface area contributed by atoms with Gasteiger partial charge in [0.1, 0.15) is 35.6 Å². The van der Waals surface area contributed by atoms with Crippen LogP contribution in [-0.4, -0.2) is 121 Å². The highest BCUT2D eigenvalue weighted by atomic mass is 32.1. The van der Waals surface area contributed by atoms with Gasteiger partial charge in [0.2, 0.25) is 11.5 Å². The molecule has 3 N–H and O–H groups in total. The third kappa shape index (κ3) is 9.79. The van der Waals surface area contributed by atoms with Gasteiger partial charge in [-0.25, -0.2) is 32.9 Å². The standard InChI is InChI=1S/C50H48F2N6O16S/c1-45(2,3)72-42(66)47(17-19-48(51,52)20-18-47)74-56-35(31-25-75-43(54-31)55-44(67)73-46(4,5)6)36(59)53-30-24-68-58(39(30)62)49(41(64)65)23-32(40(63)71-49)57-37(60)28-21-33-34(22-29(28)38(57)61)70-50(69-33,26-13-9-7-10-14-26)27-15-11-8-12-16-27/h7-16,21-22,25,30,32H,17-20,23-24H2,1-6H3,(H,53,59)(H,64,65)(H,54,55,67)/b56-35-/t30-,32?,49?/m0/s1. The average Bonchev–Trinajstić information content (AvgIpc) is 4.16. The number of carboxylic acid groups (broad SMARTS) is 1. The van der Waals surface area contributed by atoms with Gasteiger partial charge in [-0.15, -0.1) is 11.3 Å². The predicted octanol–water partition coefficient (Wildman–Crippen LogP) is 5.82. The molecule has 2 saturated heterocycles. The van der Waals surface area contributed by atoms with Crippen molar-refractivity contribution in [2.24, 2.45) is 5.16 Å². The number of thiazole rings is 1. The second kappa shape index (κ2) is 18.7. The van der Waals surface area contributed by atoms with Gasteiger partial charge in [0.05, 0.1) is 17.5 Å². The van der Waals surface area contributed by atoms with Crippen LogP contribution in [0.2, 0.25) is 0 Å². The molecule has 9 rings (SSSR count). The molecule has 3 aromatic carbocycles. The van der Waals surface area contributed by atoms with Crippen LogP contribution in [0.25, 0.3) is 0 Å². The van der Waals surface area contributed by atoms with E-state index >= 15 is 0 Å². The highest BCUT2D eigenvalue weighted by molar-refractivity contribution is 7.14. The number of cyclic esters (lactones) is 1. The zero-order chi connectivity index (χ0) is 54.0. The number of halogens is 2. The fourth-order valence-corrected chi connectivity index (χ4v) is 9.53. The van der Waals surface area contributed by atoms with Crippen LogP contribution in [0, 0.1) is 0 Å². The number of imide groups is 1. The van der Waals surface area contributed by atoms with Crippen molar-refractivity contribution in [3.63, 3.8) is 0 Å². The van der Waals surface area contributed by atoms with E-state index in [2.05, 4.69) is 20.8 Å². The Morgan fingerprint density at radius 1 is 0.813 bits per heavy atom. The molecule has 3 fully saturated rings. The monoisotopic (exact) mass is 1060 g/mol. The number of hydrogen-bond acceptors (Lipinski definition) is 18. The van der Waals surface area contributed by atoms with E-state index in [0.29, 0.717) is 16.0 Å². The third-order valence-electron chi connectivity index (χ3n) is 12.4. The number of nitrogens with zero attached hydrogens (tertiary/aromatic N) is 4. The van der Waals surface area contributed by atoms with Crippen molar-refractivity contribution in [1.29, 1.82) is 0 Å². The van der Waals surface area contributed by atoms with E-state index < -0.39 is 138 Å². The van der Waals surface area contributed by atoms with Crippen molar-refractivity contribution in [2.75, 3.05) is 11.9 Å². The average molecular weight is 1060 g/mol. The molecule has 4 aliphatic heterocycles. The Morgan fingerprint density at radius 3 is 1.91 bits per heavy atom. The zero-order valence-electron chi connectivity index (χ0n) is 40.9. The van der Waals surface area contributed by atoms with Crippen molar-refractivity contribution in [3.8, 4) is 11.5 Å². The molecule has 1 aromatic heterocycles. The summed E-state index contributed by atoms with van der Waals surface area (Å²) in [5.74, 6) is -13.5. The molecule has 22 nitrogen and oxygen atoms in total. The smallest absolute Gasteiger partial charge is 0.413 e. The summed E-state index contributed by atoms with van der Waals surface area (Å²) in [4.78, 5) is 126. The zero-order valence-corrected chi connectivity index (χ0v) is 41.7. The number of oxime groups is 1. The van der Waals surface area contributed by atoms with Crippen LogP contribution in [0.4, 0.5) is 18.7 Å². The van der Waals surface area contributed by atoms with E-state index in [4.69, 9.17) is 33.4 Å². The maximum absolute atomic E-state index is 14.5. The molecule has 0 bridgehead atoms. The van der Waals surface area contributed by atoms with Gasteiger partial charge in [0, 0.05) is 42.2 Å². The quantitative estimate of drug-likeness (QED) is 0.0495. The summed E-state index contributed by atoms with van der Waals surface area (Å²) in [6.07, 6.45) is -4.76. The van der Waals surface area contributed by atoms with Crippen molar-refractivity contribution in [2.45, 2.75) is 120 Å². The number of hydrogen-bond donors (Lipinski definition) is 3. The van der Waals surface area contributed by atoms with E-state index in [9.17, 15) is 52.2 Å². The molecule has 75 heavy (non-hydrogen) atoms. The lowest BCUT2D eigenvalue weighted by Gasteiger charge is -2.37. The van der Waals surface area contributed by atoms with Crippen LogP contribution in [0.1, 0.15) is 111 Å². The second-order valence-corrected chi connectivity index (χ2v) is 21.0. The van der Waals surface area contributed by atoms with E-state index in [1.54, 1.807) is 102 Å². The molecule has 1 saturated carbocycles. The summed E-state index contributed by atoms with van der Waals surface area (Å²) in [6.45, 7) is 8.68. The molecule has 25 heteroatoms. The Morgan fingerprint density at radius 2 is 1.37 bits per heavy atom. The number of aromatic nitrogens is 1. The van der Waals surface area contributed by atoms with Crippen molar-refractivity contribution >= 4 is 69.8 Å². The van der Waals surface area contributed by atoms with Crippen LogP contribution < -0.4 is 20.1 Å². The first-order valence-corrected chi connectivity index (χ1v) is 24.2. The molecular formula is C50H48F2N6O16S. The Balaban J connectivity index is 0.952. The number of ether oxygens (including phenoxy) is 5. The third-order valence-corrected chi connectivity index (χ3v) is 13.2. The van der Waals surface area contributed by atoms with Gasteiger partial charge >= 0.3 is 35.5 Å². The Hall–Kier alpha value is -8.06. The minimum Gasteiger partial charge on any atom is -0.477 e. The van der Waals surface area contributed by atoms with E-state index in [1.807, 2.05) is 0 Å². The number of fused-ring (bicyclic) bond motifs is 2. The molecule has 1 aliphatic carbocycles. The number of esters is 2. The number of carbonyl (C=O) groups excluding carboxylic acids is 7. The molecule has 5 aliphatic rings. The summed E-state index contributed by atoms with van der Waals surface area (Å²) in [6, 6.07) is 16.7. The summed E-state index contributed by atoms with van der Waals surface area (Å²) >= 11 is 0.790. The Labute approximate surface area is 429 Å². The number of anilines is 1. The molecule has 0 radical (unpaired) electrons. The van der Waals surface area contributed by atoms with Gasteiger partial charge in [0.25, 0.3) is 23.6 Å². The van der Waals surface area contributed by atoms with Gasteiger partial charge in [-0.3, -0.25) is 34.2 Å². The maximum Gasteiger partial charge on any atom is 0.413 e. The van der Waals surface area contributed by atoms with Crippen LogP contribution >= 0.6 is 11.3 Å². The number of hydroxylamine groups is 2. The van der Waals surface area contributed by atoms with Crippen molar-refractivity contribution < 1.29 is 85.6 Å². The molecule has 3 atom stereocenters. The van der Waals surface area contributed by atoms with E-state index in [0.717, 1.165) is 11.3 Å². The van der Waals surface area contributed by atoms with E-state index in [1.165, 1.54) is 17.5 Å². The minimum atomic E-state index is -3.17. The number of rotatable bonds is 12. The minimum absolute atomic E-state index is 0.0797. The number of benzene rings is 3. The van der Waals surface area contributed by atoms with Gasteiger partial charge in [-0.1, -0.05) is 65.8 Å². The van der Waals surface area contributed by atoms with Crippen LogP contribution in [0.15, 0.2) is 83.3 Å². The lowest BCUT2D eigenvalue weighted by atomic mass is 9.82. The van der Waals surface area contributed by atoms with Gasteiger partial charge in [-0.05, 0) is 53.7 Å². The molecule has 394 valence electrons. The topological polar surface area (TPSA) is 277 Å². The molecule has 4 aromatic rings. The number of carboxylic acids is 1. The summed E-state index contributed by atoms with van der Waals surface area (Å²) in [5.41, 5.74) is -7.47. The lowest BCUT2D eigenvalue weighted by molar-refractivity contribution is -0.256. The first-order valence-electron chi connectivity index (χ1n) is 23.4. The number of nitrogens with one attached hydrogen (secondary N) is 2. The highest BCUT2D eigenvalue weighted by Crippen LogP contribution is 2.50. The van der Waals surface area contributed by atoms with Gasteiger partial charge < -0.3 is 38.9 Å². The largest absolute Gasteiger partial charge is 0.477 e. The maximum atomic E-state index is 14.5. The van der Waals surface area contributed by atoms with Crippen molar-refractivity contribution in [3.05, 3.63) is 106 Å². The first-order chi connectivity index (χ1) is 35.2. The number of carbonyl (C=O) groups is 8. The first kappa shape index (κ1) is 51.8. The van der Waals surface area contributed by atoms with Crippen molar-refractivity contribution in [1.82, 2.24) is 20.3 Å². The molecule has 0 spiro atoms. The molecule has 2 unspecified atom stereocenters. The second-order valence-electron chi connectivity index (χ2n) is 20.1. The fraction of sp³-hybridized carbons (Fsp3) is 0.400.